The van der Waals surface area contributed by atoms with Crippen LogP contribution in [0.1, 0.15) is 25.8 Å². The van der Waals surface area contributed by atoms with Crippen LogP contribution in [-0.4, -0.2) is 42.3 Å². The molecule has 1 N–H and O–H groups in total. The average Bonchev–Trinajstić information content (AvgIpc) is 3.00. The van der Waals surface area contributed by atoms with E-state index in [1.54, 1.807) is 29.3 Å². The Balaban J connectivity index is 1.74. The number of amides is 1. The monoisotopic (exact) mass is 447 g/mol. The van der Waals surface area contributed by atoms with Crippen LogP contribution in [0.5, 0.6) is 0 Å². The summed E-state index contributed by atoms with van der Waals surface area (Å²) in [6, 6.07) is 14.4. The normalized spacial score (nSPS) is 18.1. The van der Waals surface area contributed by atoms with Gasteiger partial charge in [0.1, 0.15) is 6.54 Å². The molecule has 1 atom stereocenters. The number of carbonyl (C=O) groups is 2. The van der Waals surface area contributed by atoms with Crippen molar-refractivity contribution >= 4 is 46.5 Å². The van der Waals surface area contributed by atoms with Gasteiger partial charge in [0.25, 0.3) is 0 Å². The smallest absolute Gasteiger partial charge is 0.302 e. The van der Waals surface area contributed by atoms with Crippen LogP contribution in [0.3, 0.4) is 0 Å². The van der Waals surface area contributed by atoms with Crippen LogP contribution in [0.25, 0.3) is 0 Å². The second-order valence-electron chi connectivity index (χ2n) is 7.48. The molecule has 158 valence electrons. The van der Waals surface area contributed by atoms with Crippen LogP contribution >= 0.6 is 23.2 Å². The maximum atomic E-state index is 12.5. The zero-order valence-electron chi connectivity index (χ0n) is 16.8. The van der Waals surface area contributed by atoms with Crippen molar-refractivity contribution in [1.82, 2.24) is 5.01 Å². The van der Waals surface area contributed by atoms with Gasteiger partial charge >= 0.3 is 5.97 Å². The predicted octanol–water partition coefficient (Wildman–Crippen LogP) is 4.61. The lowest BCUT2D eigenvalue weighted by Gasteiger charge is -2.26. The molecular weight excluding hydrogens is 425 g/mol. The van der Waals surface area contributed by atoms with E-state index >= 15 is 0 Å². The molecule has 3 rings (SSSR count). The van der Waals surface area contributed by atoms with Gasteiger partial charge in [-0.3, -0.25) is 14.6 Å². The number of hydrogen-bond donors (Lipinski definition) is 1. The molecule has 30 heavy (non-hydrogen) atoms. The molecule has 6 nitrogen and oxygen atoms in total. The molecule has 2 aromatic carbocycles. The highest BCUT2D eigenvalue weighted by Crippen LogP contribution is 2.34. The number of nitrogens with zero attached hydrogens (tertiary/aromatic N) is 2. The summed E-state index contributed by atoms with van der Waals surface area (Å²) < 4.78 is 5.15. The van der Waals surface area contributed by atoms with Crippen LogP contribution in [0, 0.1) is 5.41 Å². The van der Waals surface area contributed by atoms with Gasteiger partial charge in [-0.2, -0.15) is 5.10 Å². The average molecular weight is 448 g/mol. The van der Waals surface area contributed by atoms with Gasteiger partial charge in [-0.25, -0.2) is 0 Å². The van der Waals surface area contributed by atoms with Gasteiger partial charge in [0.2, 0.25) is 5.91 Å². The van der Waals surface area contributed by atoms with E-state index in [9.17, 15) is 9.59 Å². The van der Waals surface area contributed by atoms with Crippen molar-refractivity contribution in [2.45, 2.75) is 20.3 Å². The molecule has 0 radical (unpaired) electrons. The zero-order chi connectivity index (χ0) is 21.7. The number of nitrogens with one attached hydrogen (secondary N) is 1. The summed E-state index contributed by atoms with van der Waals surface area (Å²) in [6.07, 6.45) is 0.587. The van der Waals surface area contributed by atoms with Crippen LogP contribution < -0.4 is 5.32 Å². The topological polar surface area (TPSA) is 71.0 Å². The summed E-state index contributed by atoms with van der Waals surface area (Å²) in [5.74, 6) is -0.499. The number of hydrogen-bond acceptors (Lipinski definition) is 5. The SMILES string of the molecule is CC(=O)OCCC1(C)CN(CC(=O)Nc2ccc(Cl)cc2)N=C1c1ccc(Cl)cc1. The molecule has 1 heterocycles. The van der Waals surface area contributed by atoms with Crippen molar-refractivity contribution in [3.05, 3.63) is 64.1 Å². The number of esters is 1. The number of rotatable bonds is 7. The summed E-state index contributed by atoms with van der Waals surface area (Å²) in [7, 11) is 0. The first kappa shape index (κ1) is 22.1. The maximum Gasteiger partial charge on any atom is 0.302 e. The molecule has 1 amide bonds. The van der Waals surface area contributed by atoms with Gasteiger partial charge in [-0.1, -0.05) is 42.3 Å². The predicted molar refractivity (Wildman–Crippen MR) is 119 cm³/mol. The molecule has 0 bridgehead atoms. The van der Waals surface area contributed by atoms with Gasteiger partial charge in [0.15, 0.2) is 0 Å². The van der Waals surface area contributed by atoms with Crippen molar-refractivity contribution in [3.8, 4) is 0 Å². The number of benzene rings is 2. The molecular formula is C22H23Cl2N3O3. The van der Waals surface area contributed by atoms with Crippen molar-refractivity contribution in [3.63, 3.8) is 0 Å². The first-order valence-electron chi connectivity index (χ1n) is 9.54. The quantitative estimate of drug-likeness (QED) is 0.628. The van der Waals surface area contributed by atoms with E-state index in [2.05, 4.69) is 12.2 Å². The van der Waals surface area contributed by atoms with Gasteiger partial charge in [-0.05, 0) is 48.4 Å². The fraction of sp³-hybridized carbons (Fsp3) is 0.318. The molecule has 0 fully saturated rings. The van der Waals surface area contributed by atoms with Gasteiger partial charge < -0.3 is 10.1 Å². The Morgan fingerprint density at radius 1 is 1.10 bits per heavy atom. The lowest BCUT2D eigenvalue weighted by molar-refractivity contribution is -0.141. The molecule has 0 aliphatic carbocycles. The first-order valence-corrected chi connectivity index (χ1v) is 10.3. The summed E-state index contributed by atoms with van der Waals surface area (Å²) in [4.78, 5) is 23.7. The Hall–Kier alpha value is -2.57. The second kappa shape index (κ2) is 9.49. The molecule has 1 unspecified atom stereocenters. The molecule has 0 saturated carbocycles. The number of hydrazone groups is 1. The Morgan fingerprint density at radius 3 is 2.30 bits per heavy atom. The van der Waals surface area contributed by atoms with Gasteiger partial charge in [0, 0.05) is 34.6 Å². The Kier molecular flexibility index (Phi) is 7.00. The van der Waals surface area contributed by atoms with Crippen LogP contribution in [-0.2, 0) is 14.3 Å². The minimum atomic E-state index is -0.385. The summed E-state index contributed by atoms with van der Waals surface area (Å²) in [5, 5.41) is 10.5. The van der Waals surface area contributed by atoms with Crippen molar-refractivity contribution in [2.24, 2.45) is 10.5 Å². The molecule has 0 spiro atoms. The Morgan fingerprint density at radius 2 is 1.70 bits per heavy atom. The summed E-state index contributed by atoms with van der Waals surface area (Å²) in [6.45, 7) is 4.35. The Labute approximate surface area is 185 Å². The molecule has 0 saturated heterocycles. The Bertz CT molecular complexity index is 945. The molecule has 2 aromatic rings. The lowest BCUT2D eigenvalue weighted by Crippen LogP contribution is -2.35. The first-order chi connectivity index (χ1) is 14.2. The van der Waals surface area contributed by atoms with E-state index in [0.717, 1.165) is 11.3 Å². The number of halogens is 2. The van der Waals surface area contributed by atoms with E-state index < -0.39 is 0 Å². The zero-order valence-corrected chi connectivity index (χ0v) is 18.3. The number of carbonyl (C=O) groups excluding carboxylic acids is 2. The highest BCUT2D eigenvalue weighted by molar-refractivity contribution is 6.31. The van der Waals surface area contributed by atoms with E-state index in [-0.39, 0.29) is 30.4 Å². The largest absolute Gasteiger partial charge is 0.466 e. The lowest BCUT2D eigenvalue weighted by atomic mass is 9.79. The third kappa shape index (κ3) is 5.74. The van der Waals surface area contributed by atoms with E-state index in [1.165, 1.54) is 6.92 Å². The van der Waals surface area contributed by atoms with Gasteiger partial charge in [0.05, 0.1) is 12.3 Å². The molecule has 0 aromatic heterocycles. The van der Waals surface area contributed by atoms with Crippen molar-refractivity contribution in [2.75, 3.05) is 25.0 Å². The minimum Gasteiger partial charge on any atom is -0.466 e. The van der Waals surface area contributed by atoms with Crippen LogP contribution in [0.2, 0.25) is 10.0 Å². The van der Waals surface area contributed by atoms with E-state index in [1.807, 2.05) is 24.3 Å². The molecule has 1 aliphatic heterocycles. The standard InChI is InChI=1S/C22H23Cl2N3O3/c1-15(28)30-12-11-22(2)14-27(26-21(22)16-3-5-17(23)6-4-16)13-20(29)25-19-9-7-18(24)8-10-19/h3-10H,11-14H2,1-2H3,(H,25,29). The van der Waals surface area contributed by atoms with Crippen LogP contribution in [0.15, 0.2) is 53.6 Å². The van der Waals surface area contributed by atoms with E-state index in [0.29, 0.717) is 28.7 Å². The number of anilines is 1. The second-order valence-corrected chi connectivity index (χ2v) is 8.36. The fourth-order valence-corrected chi connectivity index (χ4v) is 3.65. The highest BCUT2D eigenvalue weighted by atomic mass is 35.5. The maximum absolute atomic E-state index is 12.5. The summed E-state index contributed by atoms with van der Waals surface area (Å²) in [5.41, 5.74) is 2.04. The van der Waals surface area contributed by atoms with Crippen molar-refractivity contribution in [1.29, 1.82) is 0 Å². The highest BCUT2D eigenvalue weighted by Gasteiger charge is 2.39. The third-order valence-electron chi connectivity index (χ3n) is 4.88. The summed E-state index contributed by atoms with van der Waals surface area (Å²) >= 11 is 11.9. The minimum absolute atomic E-state index is 0.100. The third-order valence-corrected chi connectivity index (χ3v) is 5.38. The fourth-order valence-electron chi connectivity index (χ4n) is 3.40. The molecule has 8 heteroatoms. The van der Waals surface area contributed by atoms with Gasteiger partial charge in [-0.15, -0.1) is 0 Å². The number of ether oxygens (including phenoxy) is 1. The van der Waals surface area contributed by atoms with E-state index in [4.69, 9.17) is 33.0 Å². The van der Waals surface area contributed by atoms with Crippen molar-refractivity contribution < 1.29 is 14.3 Å². The molecule has 1 aliphatic rings. The van der Waals surface area contributed by atoms with Crippen LogP contribution in [0.4, 0.5) is 5.69 Å².